The third kappa shape index (κ3) is 4.54. The highest BCUT2D eigenvalue weighted by atomic mass is 16.5. The van der Waals surface area contributed by atoms with E-state index in [1.807, 2.05) is 19.1 Å². The van der Waals surface area contributed by atoms with Crippen LogP contribution in [0, 0.1) is 6.92 Å². The molecule has 2 aromatic rings. The molecule has 2 N–H and O–H groups in total. The fourth-order valence-corrected chi connectivity index (χ4v) is 3.13. The van der Waals surface area contributed by atoms with Gasteiger partial charge in [0.1, 0.15) is 11.5 Å². The lowest BCUT2D eigenvalue weighted by Gasteiger charge is -2.33. The number of methoxy groups -OCH3 is 1. The molecule has 25 heavy (non-hydrogen) atoms. The largest absolute Gasteiger partial charge is 0.504 e. The van der Waals surface area contributed by atoms with Gasteiger partial charge in [0.25, 0.3) is 0 Å². The van der Waals surface area contributed by atoms with Gasteiger partial charge in [0.15, 0.2) is 11.5 Å². The Balaban J connectivity index is 1.63. The van der Waals surface area contributed by atoms with Crippen LogP contribution in [0.5, 0.6) is 11.5 Å². The van der Waals surface area contributed by atoms with Gasteiger partial charge in [-0.3, -0.25) is 4.90 Å². The van der Waals surface area contributed by atoms with Crippen molar-refractivity contribution in [2.75, 3.05) is 40.0 Å². The molecule has 1 aliphatic rings. The lowest BCUT2D eigenvalue weighted by atomic mass is 10.1. The molecule has 6 heteroatoms. The molecule has 6 nitrogen and oxygen atoms in total. The third-order valence-electron chi connectivity index (χ3n) is 4.49. The van der Waals surface area contributed by atoms with Crippen molar-refractivity contribution in [2.45, 2.75) is 19.5 Å². The Bertz CT molecular complexity index is 680. The first kappa shape index (κ1) is 17.8. The van der Waals surface area contributed by atoms with E-state index >= 15 is 0 Å². The van der Waals surface area contributed by atoms with Gasteiger partial charge in [0.2, 0.25) is 0 Å². The average Bonchev–Trinajstić information content (AvgIpc) is 3.05. The van der Waals surface area contributed by atoms with Crippen LogP contribution >= 0.6 is 0 Å². The molecule has 136 valence electrons. The minimum Gasteiger partial charge on any atom is -0.504 e. The molecule has 1 unspecified atom stereocenters. The highest BCUT2D eigenvalue weighted by Crippen LogP contribution is 2.27. The van der Waals surface area contributed by atoms with Crippen molar-refractivity contribution in [2.24, 2.45) is 0 Å². The second-order valence-corrected chi connectivity index (χ2v) is 6.25. The molecule has 2 heterocycles. The number of furan rings is 1. The van der Waals surface area contributed by atoms with Crippen LogP contribution < -0.4 is 10.1 Å². The van der Waals surface area contributed by atoms with Crippen molar-refractivity contribution < 1.29 is 19.0 Å². The van der Waals surface area contributed by atoms with Gasteiger partial charge >= 0.3 is 0 Å². The first-order valence-electron chi connectivity index (χ1n) is 8.62. The number of phenols is 1. The molecule has 0 spiro atoms. The predicted octanol–water partition coefficient (Wildman–Crippen LogP) is 2.47. The van der Waals surface area contributed by atoms with Gasteiger partial charge in [0, 0.05) is 26.2 Å². The maximum absolute atomic E-state index is 9.89. The standard InChI is InChI=1S/C19H26N2O4/c1-14-3-5-18(25-14)16(21-7-9-24-10-8-21)13-20-12-15-4-6-19(23-2)17(22)11-15/h3-6,11,16,20,22H,7-10,12-13H2,1-2H3. The molecule has 1 aliphatic heterocycles. The summed E-state index contributed by atoms with van der Waals surface area (Å²) in [6.07, 6.45) is 0. The first-order valence-corrected chi connectivity index (χ1v) is 8.62. The number of hydrogen-bond donors (Lipinski definition) is 2. The molecule has 0 bridgehead atoms. The Morgan fingerprint density at radius 1 is 1.24 bits per heavy atom. The number of aryl methyl sites for hydroxylation is 1. The van der Waals surface area contributed by atoms with Gasteiger partial charge in [-0.2, -0.15) is 0 Å². The maximum Gasteiger partial charge on any atom is 0.160 e. The molecule has 1 atom stereocenters. The van der Waals surface area contributed by atoms with Gasteiger partial charge in [-0.1, -0.05) is 6.07 Å². The van der Waals surface area contributed by atoms with Gasteiger partial charge in [-0.15, -0.1) is 0 Å². The Hall–Kier alpha value is -2.02. The van der Waals surface area contributed by atoms with Gasteiger partial charge in [0.05, 0.1) is 26.4 Å². The maximum atomic E-state index is 9.89. The van der Waals surface area contributed by atoms with Gasteiger partial charge < -0.3 is 24.3 Å². The van der Waals surface area contributed by atoms with E-state index in [0.717, 1.165) is 49.9 Å². The number of nitrogens with zero attached hydrogens (tertiary/aromatic N) is 1. The molecule has 0 saturated carbocycles. The summed E-state index contributed by atoms with van der Waals surface area (Å²) >= 11 is 0. The zero-order valence-electron chi connectivity index (χ0n) is 14.8. The average molecular weight is 346 g/mol. The Labute approximate surface area is 148 Å². The monoisotopic (exact) mass is 346 g/mol. The molecular formula is C19H26N2O4. The highest BCUT2D eigenvalue weighted by Gasteiger charge is 2.24. The van der Waals surface area contributed by atoms with Crippen LogP contribution in [0.1, 0.15) is 23.1 Å². The molecule has 1 aromatic carbocycles. The molecule has 0 aliphatic carbocycles. The summed E-state index contributed by atoms with van der Waals surface area (Å²) in [6, 6.07) is 9.69. The summed E-state index contributed by atoms with van der Waals surface area (Å²) in [5.41, 5.74) is 1.01. The van der Waals surface area contributed by atoms with Crippen molar-refractivity contribution in [3.05, 3.63) is 47.4 Å². The van der Waals surface area contributed by atoms with Gasteiger partial charge in [-0.25, -0.2) is 0 Å². The molecule has 1 saturated heterocycles. The van der Waals surface area contributed by atoms with E-state index < -0.39 is 0 Å². The lowest BCUT2D eigenvalue weighted by molar-refractivity contribution is 0.0115. The topological polar surface area (TPSA) is 67.1 Å². The Morgan fingerprint density at radius 2 is 2.04 bits per heavy atom. The summed E-state index contributed by atoms with van der Waals surface area (Å²) < 4.78 is 16.4. The summed E-state index contributed by atoms with van der Waals surface area (Å²) in [7, 11) is 1.55. The fourth-order valence-electron chi connectivity index (χ4n) is 3.13. The summed E-state index contributed by atoms with van der Waals surface area (Å²) in [5, 5.41) is 13.4. The second-order valence-electron chi connectivity index (χ2n) is 6.25. The normalized spacial score (nSPS) is 16.7. The van der Waals surface area contributed by atoms with Crippen molar-refractivity contribution in [1.29, 1.82) is 0 Å². The van der Waals surface area contributed by atoms with Gasteiger partial charge in [-0.05, 0) is 36.8 Å². The zero-order valence-corrected chi connectivity index (χ0v) is 14.8. The summed E-state index contributed by atoms with van der Waals surface area (Å²) in [6.45, 7) is 6.70. The van der Waals surface area contributed by atoms with Crippen LogP contribution in [-0.4, -0.2) is 50.0 Å². The number of phenolic OH excluding ortho intramolecular Hbond substituents is 1. The molecule has 3 rings (SSSR count). The van der Waals surface area contributed by atoms with Crippen molar-refractivity contribution >= 4 is 0 Å². The van der Waals surface area contributed by atoms with Crippen molar-refractivity contribution in [1.82, 2.24) is 10.2 Å². The lowest BCUT2D eigenvalue weighted by Crippen LogP contribution is -2.42. The molecule has 0 amide bonds. The van der Waals surface area contributed by atoms with E-state index in [2.05, 4.69) is 16.3 Å². The Morgan fingerprint density at radius 3 is 2.68 bits per heavy atom. The van der Waals surface area contributed by atoms with E-state index in [0.29, 0.717) is 12.3 Å². The minimum atomic E-state index is 0.160. The molecule has 0 radical (unpaired) electrons. The first-order chi connectivity index (χ1) is 12.2. The number of benzene rings is 1. The van der Waals surface area contributed by atoms with Crippen LogP contribution in [0.2, 0.25) is 0 Å². The van der Waals surface area contributed by atoms with E-state index in [1.165, 1.54) is 0 Å². The number of aromatic hydroxyl groups is 1. The van der Waals surface area contributed by atoms with Crippen LogP contribution in [0.4, 0.5) is 0 Å². The number of rotatable bonds is 7. The van der Waals surface area contributed by atoms with Crippen LogP contribution in [0.15, 0.2) is 34.7 Å². The van der Waals surface area contributed by atoms with E-state index in [-0.39, 0.29) is 11.8 Å². The van der Waals surface area contributed by atoms with E-state index in [1.54, 1.807) is 19.2 Å². The molecular weight excluding hydrogens is 320 g/mol. The number of nitrogens with one attached hydrogen (secondary N) is 1. The third-order valence-corrected chi connectivity index (χ3v) is 4.49. The van der Waals surface area contributed by atoms with Crippen molar-refractivity contribution in [3.63, 3.8) is 0 Å². The van der Waals surface area contributed by atoms with Crippen LogP contribution in [0.25, 0.3) is 0 Å². The zero-order chi connectivity index (χ0) is 17.6. The van der Waals surface area contributed by atoms with Crippen molar-refractivity contribution in [3.8, 4) is 11.5 Å². The minimum absolute atomic E-state index is 0.160. The quantitative estimate of drug-likeness (QED) is 0.803. The fraction of sp³-hybridized carbons (Fsp3) is 0.474. The van der Waals surface area contributed by atoms with E-state index in [9.17, 15) is 5.11 Å². The smallest absolute Gasteiger partial charge is 0.160 e. The summed E-state index contributed by atoms with van der Waals surface area (Å²) in [4.78, 5) is 2.39. The Kier molecular flexibility index (Phi) is 5.96. The molecule has 1 aromatic heterocycles. The molecule has 1 fully saturated rings. The van der Waals surface area contributed by atoms with Crippen LogP contribution in [-0.2, 0) is 11.3 Å². The highest BCUT2D eigenvalue weighted by molar-refractivity contribution is 5.41. The summed E-state index contributed by atoms with van der Waals surface area (Å²) in [5.74, 6) is 2.55. The second kappa shape index (κ2) is 8.38. The SMILES string of the molecule is COc1ccc(CNCC(c2ccc(C)o2)N2CCOCC2)cc1O. The van der Waals surface area contributed by atoms with Crippen LogP contribution in [0.3, 0.4) is 0 Å². The predicted molar refractivity (Wildman–Crippen MR) is 94.9 cm³/mol. The number of morpholine rings is 1. The van der Waals surface area contributed by atoms with E-state index in [4.69, 9.17) is 13.9 Å². The number of hydrogen-bond acceptors (Lipinski definition) is 6. The number of ether oxygens (including phenoxy) is 2.